The van der Waals surface area contributed by atoms with Crippen LogP contribution in [0, 0.1) is 0 Å². The Morgan fingerprint density at radius 2 is 1.90 bits per heavy atom. The number of esters is 1. The molecule has 0 N–H and O–H groups in total. The van der Waals surface area contributed by atoms with Crippen LogP contribution in [0.4, 0.5) is 0 Å². The van der Waals surface area contributed by atoms with E-state index in [1.165, 1.54) is 0 Å². The van der Waals surface area contributed by atoms with Crippen LogP contribution >= 0.6 is 0 Å². The van der Waals surface area contributed by atoms with Gasteiger partial charge in [-0.25, -0.2) is 4.79 Å². The van der Waals surface area contributed by atoms with E-state index in [1.54, 1.807) is 32.3 Å². The quantitative estimate of drug-likeness (QED) is 0.232. The number of carbonyl (C=O) groups is 1. The lowest BCUT2D eigenvalue weighted by Crippen LogP contribution is -2.06. The van der Waals surface area contributed by atoms with Crippen molar-refractivity contribution in [2.75, 3.05) is 20.3 Å². The first kappa shape index (κ1) is 22.7. The van der Waals surface area contributed by atoms with Crippen LogP contribution in [-0.2, 0) is 9.53 Å². The molecule has 156 valence electrons. The smallest absolute Gasteiger partial charge is 0.357 e. The zero-order valence-corrected chi connectivity index (χ0v) is 17.7. The largest absolute Gasteiger partial charge is 0.493 e. The first-order valence-electron chi connectivity index (χ1n) is 9.82. The highest BCUT2D eigenvalue weighted by molar-refractivity contribution is 5.98. The summed E-state index contributed by atoms with van der Waals surface area (Å²) in [4.78, 5) is 16.9. The van der Waals surface area contributed by atoms with Crippen LogP contribution in [0.5, 0.6) is 11.5 Å². The van der Waals surface area contributed by atoms with Gasteiger partial charge in [0.15, 0.2) is 17.2 Å². The first-order valence-corrected chi connectivity index (χ1v) is 9.82. The van der Waals surface area contributed by atoms with Crippen molar-refractivity contribution in [2.45, 2.75) is 20.3 Å². The molecule has 0 amide bonds. The Morgan fingerprint density at radius 1 is 1.13 bits per heavy atom. The van der Waals surface area contributed by atoms with Crippen LogP contribution in [0.2, 0.25) is 0 Å². The number of nitrogens with zero attached hydrogens (tertiary/aromatic N) is 1. The number of benzene rings is 2. The molecule has 0 radical (unpaired) electrons. The molecule has 30 heavy (non-hydrogen) atoms. The normalized spacial score (nSPS) is 10.6. The molecule has 0 aliphatic rings. The average molecular weight is 405 g/mol. The molecule has 0 heterocycles. The van der Waals surface area contributed by atoms with Gasteiger partial charge in [0.1, 0.15) is 6.61 Å². The lowest BCUT2D eigenvalue weighted by Gasteiger charge is -2.12. The molecule has 0 aromatic heterocycles. The SMILES string of the molecule is C=CCOc1c(/C=C(\N=C=C(CC)c2ccccc2)C(=O)OCC)cccc1OC. The highest BCUT2D eigenvalue weighted by Gasteiger charge is 2.14. The number of allylic oxidation sites excluding steroid dienone is 1. The van der Waals surface area contributed by atoms with Crippen LogP contribution in [-0.4, -0.2) is 32.2 Å². The summed E-state index contributed by atoms with van der Waals surface area (Å²) in [6.07, 6.45) is 3.97. The number of hydrogen-bond acceptors (Lipinski definition) is 5. The second-order valence-corrected chi connectivity index (χ2v) is 6.15. The third-order valence-electron chi connectivity index (χ3n) is 4.14. The van der Waals surface area contributed by atoms with Crippen molar-refractivity contribution >= 4 is 23.5 Å². The summed E-state index contributed by atoms with van der Waals surface area (Å²) in [5.41, 5.74) is 2.65. The van der Waals surface area contributed by atoms with E-state index in [9.17, 15) is 4.79 Å². The molecule has 0 bridgehead atoms. The van der Waals surface area contributed by atoms with Gasteiger partial charge in [0.25, 0.3) is 0 Å². The van der Waals surface area contributed by atoms with Crippen molar-refractivity contribution in [3.05, 3.63) is 78.0 Å². The number of ether oxygens (including phenoxy) is 3. The van der Waals surface area contributed by atoms with Gasteiger partial charge >= 0.3 is 5.97 Å². The number of hydrogen-bond donors (Lipinski definition) is 0. The fourth-order valence-electron chi connectivity index (χ4n) is 2.71. The van der Waals surface area contributed by atoms with Crippen LogP contribution in [0.15, 0.2) is 71.9 Å². The first-order chi connectivity index (χ1) is 14.6. The Hall–Kier alpha value is -3.56. The van der Waals surface area contributed by atoms with Gasteiger partial charge in [-0.15, -0.1) is 0 Å². The standard InChI is InChI=1S/C25H27NO4/c1-5-16-30-24-21(14-11-15-23(24)28-4)17-22(25(27)29-7-3)26-18-19(6-2)20-12-9-8-10-13-20/h5,8-15,17H,1,6-7,16H2,2-4H3/b22-17-. The molecule has 2 rings (SSSR count). The lowest BCUT2D eigenvalue weighted by molar-refractivity contribution is -0.138. The van der Waals surface area contributed by atoms with Gasteiger partial charge in [0.2, 0.25) is 0 Å². The maximum Gasteiger partial charge on any atom is 0.357 e. The highest BCUT2D eigenvalue weighted by atomic mass is 16.5. The number of aliphatic imine (C=N–C) groups is 1. The van der Waals surface area contributed by atoms with Gasteiger partial charge in [-0.1, -0.05) is 62.0 Å². The molecule has 0 fully saturated rings. The second-order valence-electron chi connectivity index (χ2n) is 6.15. The molecular formula is C25H27NO4. The maximum atomic E-state index is 12.5. The fourth-order valence-corrected chi connectivity index (χ4v) is 2.71. The van der Waals surface area contributed by atoms with Crippen molar-refractivity contribution < 1.29 is 19.0 Å². The summed E-state index contributed by atoms with van der Waals surface area (Å²) in [5.74, 6) is 3.53. The van der Waals surface area contributed by atoms with Gasteiger partial charge in [0.05, 0.1) is 13.7 Å². The topological polar surface area (TPSA) is 57.1 Å². The van der Waals surface area contributed by atoms with Gasteiger partial charge in [-0.2, -0.15) is 4.99 Å². The van der Waals surface area contributed by atoms with Gasteiger partial charge < -0.3 is 14.2 Å². The summed E-state index contributed by atoms with van der Waals surface area (Å²) in [5, 5.41) is 0. The molecule has 0 spiro atoms. The second kappa shape index (κ2) is 12.1. The zero-order chi connectivity index (χ0) is 21.8. The minimum absolute atomic E-state index is 0.121. The Kier molecular flexibility index (Phi) is 9.17. The van der Waals surface area contributed by atoms with Gasteiger partial charge in [-0.05, 0) is 36.9 Å². The molecule has 0 atom stereocenters. The molecule has 0 unspecified atom stereocenters. The summed E-state index contributed by atoms with van der Waals surface area (Å²) in [6.45, 7) is 7.98. The van der Waals surface area contributed by atoms with Gasteiger partial charge in [0, 0.05) is 11.1 Å². The third-order valence-corrected chi connectivity index (χ3v) is 4.14. The highest BCUT2D eigenvalue weighted by Crippen LogP contribution is 2.33. The Balaban J connectivity index is 2.57. The van der Waals surface area contributed by atoms with Crippen molar-refractivity contribution in [2.24, 2.45) is 4.99 Å². The Labute approximate surface area is 178 Å². The average Bonchev–Trinajstić information content (AvgIpc) is 2.78. The molecule has 0 aliphatic heterocycles. The summed E-state index contributed by atoms with van der Waals surface area (Å²) < 4.78 is 16.3. The van der Waals surface area contributed by atoms with Crippen LogP contribution in [0.3, 0.4) is 0 Å². The zero-order valence-electron chi connectivity index (χ0n) is 17.7. The van der Waals surface area contributed by atoms with E-state index in [0.717, 1.165) is 17.6 Å². The van der Waals surface area contributed by atoms with Gasteiger partial charge in [-0.3, -0.25) is 0 Å². The third kappa shape index (κ3) is 6.23. The van der Waals surface area contributed by atoms with E-state index in [2.05, 4.69) is 17.4 Å². The Morgan fingerprint density at radius 3 is 2.53 bits per heavy atom. The predicted octanol–water partition coefficient (Wildman–Crippen LogP) is 5.33. The summed E-state index contributed by atoms with van der Waals surface area (Å²) in [7, 11) is 1.56. The van der Waals surface area contributed by atoms with E-state index in [-0.39, 0.29) is 12.3 Å². The molecule has 0 aliphatic carbocycles. The number of para-hydroxylation sites is 1. The number of methoxy groups -OCH3 is 1. The molecular weight excluding hydrogens is 378 g/mol. The number of rotatable bonds is 10. The van der Waals surface area contributed by atoms with Crippen molar-refractivity contribution in [3.63, 3.8) is 0 Å². The molecule has 0 saturated carbocycles. The van der Waals surface area contributed by atoms with Crippen LogP contribution in [0.25, 0.3) is 11.6 Å². The molecule has 2 aromatic rings. The van der Waals surface area contributed by atoms with E-state index in [0.29, 0.717) is 23.7 Å². The Bertz CT molecular complexity index is 954. The minimum Gasteiger partial charge on any atom is -0.493 e. The molecule has 0 saturated heterocycles. The monoisotopic (exact) mass is 405 g/mol. The molecule has 2 aromatic carbocycles. The minimum atomic E-state index is -0.536. The van der Waals surface area contributed by atoms with Crippen LogP contribution in [0.1, 0.15) is 31.4 Å². The predicted molar refractivity (Wildman–Crippen MR) is 121 cm³/mol. The van der Waals surface area contributed by atoms with E-state index < -0.39 is 5.97 Å². The van der Waals surface area contributed by atoms with Crippen molar-refractivity contribution in [1.82, 2.24) is 0 Å². The molecule has 5 nitrogen and oxygen atoms in total. The molecule has 5 heteroatoms. The van der Waals surface area contributed by atoms with E-state index in [4.69, 9.17) is 14.2 Å². The number of carbonyl (C=O) groups excluding carboxylic acids is 1. The van der Waals surface area contributed by atoms with E-state index >= 15 is 0 Å². The maximum absolute atomic E-state index is 12.5. The van der Waals surface area contributed by atoms with Crippen molar-refractivity contribution in [1.29, 1.82) is 0 Å². The fraction of sp³-hybridized carbons (Fsp3) is 0.240. The summed E-state index contributed by atoms with van der Waals surface area (Å²) in [6, 6.07) is 15.2. The van der Waals surface area contributed by atoms with E-state index in [1.807, 2.05) is 49.4 Å². The summed E-state index contributed by atoms with van der Waals surface area (Å²) >= 11 is 0. The van der Waals surface area contributed by atoms with Crippen molar-refractivity contribution in [3.8, 4) is 11.5 Å². The lowest BCUT2D eigenvalue weighted by atomic mass is 10.1. The van der Waals surface area contributed by atoms with Crippen LogP contribution < -0.4 is 9.47 Å².